The van der Waals surface area contributed by atoms with E-state index in [1.54, 1.807) is 50.6 Å². The second-order valence-electron chi connectivity index (χ2n) is 13.3. The molecule has 12 nitrogen and oxygen atoms in total. The Balaban J connectivity index is 0.000000181. The van der Waals surface area contributed by atoms with Gasteiger partial charge in [-0.2, -0.15) is 0 Å². The van der Waals surface area contributed by atoms with Gasteiger partial charge in [0.15, 0.2) is 12.6 Å². The van der Waals surface area contributed by atoms with Crippen LogP contribution >= 0.6 is 0 Å². The molecule has 0 spiro atoms. The van der Waals surface area contributed by atoms with Crippen molar-refractivity contribution in [2.24, 2.45) is 0 Å². The summed E-state index contributed by atoms with van der Waals surface area (Å²) in [6, 6.07) is 50.5. The Kier molecular flexibility index (Phi) is 11.8. The van der Waals surface area contributed by atoms with Crippen LogP contribution in [0.5, 0.6) is 11.5 Å². The third-order valence-electron chi connectivity index (χ3n) is 9.78. The molecule has 8 aromatic rings. The van der Waals surface area contributed by atoms with Crippen molar-refractivity contribution >= 4 is 23.9 Å². The van der Waals surface area contributed by atoms with Gasteiger partial charge in [0, 0.05) is 57.9 Å². The molecule has 0 saturated carbocycles. The van der Waals surface area contributed by atoms with E-state index in [9.17, 15) is 29.8 Å². The summed E-state index contributed by atoms with van der Waals surface area (Å²) in [7, 11) is 3.19. The van der Waals surface area contributed by atoms with E-state index in [0.717, 1.165) is 46.5 Å². The van der Waals surface area contributed by atoms with Gasteiger partial charge >= 0.3 is 0 Å². The van der Waals surface area contributed by atoms with Gasteiger partial charge in [-0.05, 0) is 71.8 Å². The molecule has 0 aliphatic rings. The second kappa shape index (κ2) is 17.8. The van der Waals surface area contributed by atoms with Crippen molar-refractivity contribution in [3.63, 3.8) is 0 Å². The van der Waals surface area contributed by atoms with Gasteiger partial charge < -0.3 is 18.6 Å². The zero-order valence-electron chi connectivity index (χ0n) is 32.4. The Morgan fingerprint density at radius 1 is 0.450 bits per heavy atom. The SMILES string of the molecule is COc1ccc(-n2c(-c3ccccc3)cc(C=O)c2-c2cccc([N+](=O)[O-])c2)cc1.COc1ccc(-n2c(-c3ccccc3)cc(C=O)c2-c2cccc([N+](=O)[O-])c2)cc1. The lowest BCUT2D eigenvalue weighted by atomic mass is 10.1. The molecule has 0 amide bonds. The van der Waals surface area contributed by atoms with E-state index in [4.69, 9.17) is 9.47 Å². The highest BCUT2D eigenvalue weighted by molar-refractivity contribution is 5.93. The first-order valence-corrected chi connectivity index (χ1v) is 18.6. The Labute approximate surface area is 344 Å². The van der Waals surface area contributed by atoms with Crippen molar-refractivity contribution < 1.29 is 28.9 Å². The number of carbonyl (C=O) groups is 2. The average Bonchev–Trinajstić information content (AvgIpc) is 3.90. The number of rotatable bonds is 12. The number of nitro benzene ring substituents is 2. The van der Waals surface area contributed by atoms with Crippen molar-refractivity contribution in [3.05, 3.63) is 201 Å². The highest BCUT2D eigenvalue weighted by Crippen LogP contribution is 2.38. The maximum Gasteiger partial charge on any atom is 0.270 e. The van der Waals surface area contributed by atoms with Crippen molar-refractivity contribution in [1.82, 2.24) is 9.13 Å². The maximum atomic E-state index is 12.0. The maximum absolute atomic E-state index is 12.0. The summed E-state index contributed by atoms with van der Waals surface area (Å²) in [5, 5.41) is 22.6. The van der Waals surface area contributed by atoms with Crippen molar-refractivity contribution in [2.75, 3.05) is 14.2 Å². The Hall–Kier alpha value is -8.38. The normalized spacial score (nSPS) is 10.6. The average molecular weight is 797 g/mol. The summed E-state index contributed by atoms with van der Waals surface area (Å²) in [6.07, 6.45) is 1.56. The summed E-state index contributed by atoms with van der Waals surface area (Å²) in [5.74, 6) is 1.42. The van der Waals surface area contributed by atoms with Crippen LogP contribution in [0.1, 0.15) is 20.7 Å². The number of ether oxygens (including phenoxy) is 2. The van der Waals surface area contributed by atoms with E-state index < -0.39 is 9.85 Å². The van der Waals surface area contributed by atoms with Gasteiger partial charge in [0.1, 0.15) is 11.5 Å². The molecule has 0 unspecified atom stereocenters. The molecule has 0 aliphatic carbocycles. The van der Waals surface area contributed by atoms with E-state index in [0.29, 0.717) is 45.1 Å². The lowest BCUT2D eigenvalue weighted by Gasteiger charge is -2.15. The van der Waals surface area contributed by atoms with Gasteiger partial charge in [-0.3, -0.25) is 29.8 Å². The molecule has 0 aliphatic heterocycles. The van der Waals surface area contributed by atoms with Crippen LogP contribution in [-0.4, -0.2) is 45.8 Å². The smallest absolute Gasteiger partial charge is 0.270 e. The predicted molar refractivity (Wildman–Crippen MR) is 230 cm³/mol. The first kappa shape index (κ1) is 39.8. The standard InChI is InChI=1S/2C24H18N2O4/c2*1-30-22-12-10-20(11-13-22)25-23(17-6-3-2-4-7-17)15-19(16-27)24(25)18-8-5-9-21(14-18)26(28)29/h2*2-16H,1H3. The quantitative estimate of drug-likeness (QED) is 0.0674. The summed E-state index contributed by atoms with van der Waals surface area (Å²) in [6.45, 7) is 0. The minimum atomic E-state index is -0.442. The molecule has 0 atom stereocenters. The minimum Gasteiger partial charge on any atom is -0.497 e. The highest BCUT2D eigenvalue weighted by atomic mass is 16.6. The molecule has 60 heavy (non-hydrogen) atoms. The molecule has 2 heterocycles. The molecule has 0 bridgehead atoms. The number of carbonyl (C=O) groups excluding carboxylic acids is 2. The summed E-state index contributed by atoms with van der Waals surface area (Å²) in [4.78, 5) is 45.7. The van der Waals surface area contributed by atoms with Crippen LogP contribution in [0.25, 0.3) is 56.4 Å². The molecule has 2 aromatic heterocycles. The number of benzene rings is 6. The first-order chi connectivity index (χ1) is 29.2. The van der Waals surface area contributed by atoms with Gasteiger partial charge in [0.05, 0.1) is 46.8 Å². The van der Waals surface area contributed by atoms with Crippen molar-refractivity contribution in [1.29, 1.82) is 0 Å². The van der Waals surface area contributed by atoms with Crippen LogP contribution in [0, 0.1) is 20.2 Å². The molecular weight excluding hydrogens is 761 g/mol. The number of methoxy groups -OCH3 is 2. The van der Waals surface area contributed by atoms with E-state index in [1.165, 1.54) is 24.3 Å². The first-order valence-electron chi connectivity index (χ1n) is 18.6. The third-order valence-corrected chi connectivity index (χ3v) is 9.78. The van der Waals surface area contributed by atoms with Crippen LogP contribution in [0.2, 0.25) is 0 Å². The number of hydrogen-bond acceptors (Lipinski definition) is 8. The van der Waals surface area contributed by atoms with E-state index in [1.807, 2.05) is 118 Å². The number of hydrogen-bond donors (Lipinski definition) is 0. The lowest BCUT2D eigenvalue weighted by Crippen LogP contribution is -2.01. The molecule has 0 N–H and O–H groups in total. The second-order valence-corrected chi connectivity index (χ2v) is 13.3. The summed E-state index contributed by atoms with van der Waals surface area (Å²) in [5.41, 5.74) is 8.28. The van der Waals surface area contributed by atoms with Crippen molar-refractivity contribution in [2.45, 2.75) is 0 Å². The molecule has 6 aromatic carbocycles. The lowest BCUT2D eigenvalue weighted by molar-refractivity contribution is -0.385. The zero-order chi connectivity index (χ0) is 42.2. The Morgan fingerprint density at radius 3 is 1.12 bits per heavy atom. The fourth-order valence-electron chi connectivity index (χ4n) is 7.01. The number of aromatic nitrogens is 2. The minimum absolute atomic E-state index is 0.0342. The monoisotopic (exact) mass is 796 g/mol. The third kappa shape index (κ3) is 8.20. The van der Waals surface area contributed by atoms with Gasteiger partial charge in [0.25, 0.3) is 11.4 Å². The van der Waals surface area contributed by atoms with Gasteiger partial charge in [0.2, 0.25) is 0 Å². The molecular formula is C48H36N4O8. The van der Waals surface area contributed by atoms with Crippen molar-refractivity contribution in [3.8, 4) is 67.9 Å². The van der Waals surface area contributed by atoms with Crippen LogP contribution in [0.4, 0.5) is 11.4 Å². The Morgan fingerprint density at radius 2 is 0.800 bits per heavy atom. The summed E-state index contributed by atoms with van der Waals surface area (Å²) < 4.78 is 14.4. The van der Waals surface area contributed by atoms with Crippen LogP contribution in [0.3, 0.4) is 0 Å². The van der Waals surface area contributed by atoms with E-state index in [2.05, 4.69) is 0 Å². The van der Waals surface area contributed by atoms with Gasteiger partial charge in [-0.1, -0.05) is 84.9 Å². The van der Waals surface area contributed by atoms with Crippen LogP contribution in [0.15, 0.2) is 170 Å². The predicted octanol–water partition coefficient (Wildman–Crippen LogP) is 11.1. The van der Waals surface area contributed by atoms with Gasteiger partial charge in [-0.25, -0.2) is 0 Å². The number of aldehydes is 2. The van der Waals surface area contributed by atoms with E-state index in [-0.39, 0.29) is 11.4 Å². The fourth-order valence-corrected chi connectivity index (χ4v) is 7.01. The Bertz CT molecular complexity index is 2620. The molecule has 8 rings (SSSR count). The van der Waals surface area contributed by atoms with E-state index >= 15 is 0 Å². The number of nitrogens with zero attached hydrogens (tertiary/aromatic N) is 4. The highest BCUT2D eigenvalue weighted by Gasteiger charge is 2.22. The molecule has 12 heteroatoms. The van der Waals surface area contributed by atoms with Crippen LogP contribution in [-0.2, 0) is 0 Å². The van der Waals surface area contributed by atoms with Crippen LogP contribution < -0.4 is 9.47 Å². The number of nitro groups is 2. The fraction of sp³-hybridized carbons (Fsp3) is 0.0417. The largest absolute Gasteiger partial charge is 0.497 e. The van der Waals surface area contributed by atoms with Gasteiger partial charge in [-0.15, -0.1) is 0 Å². The topological polar surface area (TPSA) is 149 Å². The number of non-ortho nitro benzene ring substituents is 2. The molecule has 0 saturated heterocycles. The summed E-state index contributed by atoms with van der Waals surface area (Å²) >= 11 is 0. The zero-order valence-corrected chi connectivity index (χ0v) is 32.4. The molecule has 0 fully saturated rings. The molecule has 0 radical (unpaired) electrons. The molecule has 296 valence electrons.